The molecule has 0 aliphatic carbocycles. The van der Waals surface area contributed by atoms with Gasteiger partial charge in [-0.15, -0.1) is 0 Å². The molecule has 5 heteroatoms. The zero-order valence-electron chi connectivity index (χ0n) is 7.49. The average Bonchev–Trinajstić information content (AvgIpc) is 2.09. The second kappa shape index (κ2) is 5.79. The maximum absolute atomic E-state index is 5.97. The number of nitrogens with two attached hydrogens (primary N) is 1. The predicted molar refractivity (Wildman–Crippen MR) is 62.2 cm³/mol. The van der Waals surface area contributed by atoms with Crippen molar-refractivity contribution in [1.29, 1.82) is 0 Å². The summed E-state index contributed by atoms with van der Waals surface area (Å²) >= 11 is 17.7. The van der Waals surface area contributed by atoms with Gasteiger partial charge >= 0.3 is 0 Å². The van der Waals surface area contributed by atoms with E-state index in [1.165, 1.54) is 0 Å². The maximum atomic E-state index is 5.97. The van der Waals surface area contributed by atoms with Gasteiger partial charge in [0.1, 0.15) is 0 Å². The molecule has 2 nitrogen and oxygen atoms in total. The minimum atomic E-state index is 0.544. The maximum Gasteiger partial charge on any atom is 0.0480 e. The molecular formula is C9H11Cl3N2. The van der Waals surface area contributed by atoms with Crippen LogP contribution in [0.15, 0.2) is 12.1 Å². The highest BCUT2D eigenvalue weighted by Crippen LogP contribution is 2.28. The van der Waals surface area contributed by atoms with E-state index in [0.717, 1.165) is 12.1 Å². The summed E-state index contributed by atoms with van der Waals surface area (Å²) in [5.74, 6) is 0. The van der Waals surface area contributed by atoms with Gasteiger partial charge in [0, 0.05) is 40.3 Å². The number of hydrogen-bond acceptors (Lipinski definition) is 2. The summed E-state index contributed by atoms with van der Waals surface area (Å²) in [5.41, 5.74) is 6.20. The van der Waals surface area contributed by atoms with Gasteiger partial charge in [-0.3, -0.25) is 0 Å². The summed E-state index contributed by atoms with van der Waals surface area (Å²) in [6, 6.07) is 3.35. The van der Waals surface area contributed by atoms with Crippen LogP contribution in [0.5, 0.6) is 0 Å². The van der Waals surface area contributed by atoms with Gasteiger partial charge in [0.15, 0.2) is 0 Å². The van der Waals surface area contributed by atoms with Crippen molar-refractivity contribution in [3.8, 4) is 0 Å². The van der Waals surface area contributed by atoms with Crippen LogP contribution in [-0.4, -0.2) is 13.1 Å². The lowest BCUT2D eigenvalue weighted by Gasteiger charge is -2.08. The summed E-state index contributed by atoms with van der Waals surface area (Å²) in [6.07, 6.45) is 0. The number of hydrogen-bond donors (Lipinski definition) is 2. The molecule has 0 spiro atoms. The molecule has 3 N–H and O–H groups in total. The summed E-state index contributed by atoms with van der Waals surface area (Å²) in [5, 5.41) is 4.81. The van der Waals surface area contributed by atoms with Crippen LogP contribution in [0.25, 0.3) is 0 Å². The van der Waals surface area contributed by atoms with Crippen molar-refractivity contribution in [1.82, 2.24) is 5.32 Å². The van der Waals surface area contributed by atoms with E-state index >= 15 is 0 Å². The molecule has 0 fully saturated rings. The summed E-state index contributed by atoms with van der Waals surface area (Å²) in [4.78, 5) is 0. The second-order valence-corrected chi connectivity index (χ2v) is 4.06. The zero-order valence-corrected chi connectivity index (χ0v) is 9.76. The fourth-order valence-electron chi connectivity index (χ4n) is 1.06. The highest BCUT2D eigenvalue weighted by Gasteiger charge is 2.06. The zero-order chi connectivity index (χ0) is 10.6. The smallest absolute Gasteiger partial charge is 0.0480 e. The van der Waals surface area contributed by atoms with Gasteiger partial charge in [-0.1, -0.05) is 34.8 Å². The molecule has 0 saturated heterocycles. The van der Waals surface area contributed by atoms with E-state index in [1.807, 2.05) is 0 Å². The van der Waals surface area contributed by atoms with E-state index < -0.39 is 0 Å². The van der Waals surface area contributed by atoms with Crippen molar-refractivity contribution in [2.75, 3.05) is 13.1 Å². The van der Waals surface area contributed by atoms with Crippen LogP contribution in [0.2, 0.25) is 15.1 Å². The van der Waals surface area contributed by atoms with Gasteiger partial charge < -0.3 is 11.1 Å². The SMILES string of the molecule is NCCNCc1c(Cl)cc(Cl)cc1Cl. The highest BCUT2D eigenvalue weighted by molar-refractivity contribution is 6.39. The van der Waals surface area contributed by atoms with Crippen LogP contribution in [-0.2, 0) is 6.54 Å². The molecule has 78 valence electrons. The van der Waals surface area contributed by atoms with Crippen molar-refractivity contribution >= 4 is 34.8 Å². The van der Waals surface area contributed by atoms with Crippen molar-refractivity contribution in [3.63, 3.8) is 0 Å². The first-order valence-corrected chi connectivity index (χ1v) is 5.32. The van der Waals surface area contributed by atoms with E-state index in [0.29, 0.717) is 28.2 Å². The van der Waals surface area contributed by atoms with Crippen molar-refractivity contribution in [2.45, 2.75) is 6.54 Å². The molecule has 1 aromatic carbocycles. The number of rotatable bonds is 4. The van der Waals surface area contributed by atoms with Crippen LogP contribution in [0.3, 0.4) is 0 Å². The Bertz CT molecular complexity index is 292. The molecule has 0 bridgehead atoms. The first-order chi connectivity index (χ1) is 6.65. The lowest BCUT2D eigenvalue weighted by Crippen LogP contribution is -2.22. The van der Waals surface area contributed by atoms with Gasteiger partial charge in [0.25, 0.3) is 0 Å². The van der Waals surface area contributed by atoms with E-state index in [2.05, 4.69) is 5.32 Å². The third-order valence-electron chi connectivity index (χ3n) is 1.73. The van der Waals surface area contributed by atoms with E-state index in [9.17, 15) is 0 Å². The van der Waals surface area contributed by atoms with Crippen molar-refractivity contribution in [3.05, 3.63) is 32.8 Å². The highest BCUT2D eigenvalue weighted by atomic mass is 35.5. The quantitative estimate of drug-likeness (QED) is 0.810. The Kier molecular flexibility index (Phi) is 4.99. The first kappa shape index (κ1) is 12.1. The minimum absolute atomic E-state index is 0.544. The Morgan fingerprint density at radius 2 is 1.71 bits per heavy atom. The van der Waals surface area contributed by atoms with E-state index in [4.69, 9.17) is 40.5 Å². The molecule has 0 saturated carbocycles. The molecule has 0 unspecified atom stereocenters. The average molecular weight is 254 g/mol. The van der Waals surface area contributed by atoms with Gasteiger partial charge in [-0.2, -0.15) is 0 Å². The lowest BCUT2D eigenvalue weighted by molar-refractivity contribution is 0.695. The largest absolute Gasteiger partial charge is 0.329 e. The molecule has 1 rings (SSSR count). The Labute approximate surface area is 98.3 Å². The van der Waals surface area contributed by atoms with Crippen molar-refractivity contribution in [2.24, 2.45) is 5.73 Å². The molecule has 0 radical (unpaired) electrons. The third-order valence-corrected chi connectivity index (χ3v) is 2.62. The molecule has 0 atom stereocenters. The molecule has 14 heavy (non-hydrogen) atoms. The number of nitrogens with one attached hydrogen (secondary N) is 1. The summed E-state index contributed by atoms with van der Waals surface area (Å²) < 4.78 is 0. The molecule has 0 aliphatic rings. The minimum Gasteiger partial charge on any atom is -0.329 e. The molecule has 0 heterocycles. The predicted octanol–water partition coefficient (Wildman–Crippen LogP) is 2.70. The van der Waals surface area contributed by atoms with Gasteiger partial charge in [-0.25, -0.2) is 0 Å². The lowest BCUT2D eigenvalue weighted by atomic mass is 10.2. The fraction of sp³-hybridized carbons (Fsp3) is 0.333. The van der Waals surface area contributed by atoms with E-state index in [1.54, 1.807) is 12.1 Å². The van der Waals surface area contributed by atoms with Gasteiger partial charge in [0.05, 0.1) is 0 Å². The third kappa shape index (κ3) is 3.30. The van der Waals surface area contributed by atoms with Gasteiger partial charge in [-0.05, 0) is 12.1 Å². The Morgan fingerprint density at radius 3 is 2.21 bits per heavy atom. The Hall–Kier alpha value is 0.01000. The normalized spacial score (nSPS) is 10.6. The summed E-state index contributed by atoms with van der Waals surface area (Å²) in [7, 11) is 0. The Morgan fingerprint density at radius 1 is 1.14 bits per heavy atom. The number of halogens is 3. The molecule has 0 amide bonds. The Balaban J connectivity index is 2.75. The van der Waals surface area contributed by atoms with Crippen LogP contribution in [0.1, 0.15) is 5.56 Å². The monoisotopic (exact) mass is 252 g/mol. The molecular weight excluding hydrogens is 242 g/mol. The van der Waals surface area contributed by atoms with Crippen LogP contribution in [0.4, 0.5) is 0 Å². The summed E-state index contributed by atoms with van der Waals surface area (Å²) in [6.45, 7) is 1.92. The van der Waals surface area contributed by atoms with Crippen molar-refractivity contribution < 1.29 is 0 Å². The van der Waals surface area contributed by atoms with Gasteiger partial charge in [0.2, 0.25) is 0 Å². The number of benzene rings is 1. The molecule has 0 aromatic heterocycles. The van der Waals surface area contributed by atoms with Crippen LogP contribution < -0.4 is 11.1 Å². The van der Waals surface area contributed by atoms with E-state index in [-0.39, 0.29) is 0 Å². The van der Waals surface area contributed by atoms with Crippen LogP contribution >= 0.6 is 34.8 Å². The first-order valence-electron chi connectivity index (χ1n) is 4.19. The molecule has 1 aromatic rings. The fourth-order valence-corrected chi connectivity index (χ4v) is 2.01. The topological polar surface area (TPSA) is 38.0 Å². The second-order valence-electron chi connectivity index (χ2n) is 2.81. The molecule has 0 aliphatic heterocycles. The standard InChI is InChI=1S/C9H11Cl3N2/c10-6-3-8(11)7(9(12)4-6)5-14-2-1-13/h3-4,14H,1-2,5,13H2. The van der Waals surface area contributed by atoms with Crippen LogP contribution in [0, 0.1) is 0 Å².